The molecule has 0 bridgehead atoms. The number of anilines is 2. The Morgan fingerprint density at radius 2 is 1.92 bits per heavy atom. The van der Waals surface area contributed by atoms with Crippen LogP contribution in [0.25, 0.3) is 11.0 Å². The number of rotatable bonds is 10. The number of aryl methyl sites for hydroxylation is 2. The summed E-state index contributed by atoms with van der Waals surface area (Å²) in [6.45, 7) is 4.62. The summed E-state index contributed by atoms with van der Waals surface area (Å²) in [5, 5.41) is 19.7. The number of halogens is 1. The molecule has 1 amide bonds. The Balaban J connectivity index is 1.62. The summed E-state index contributed by atoms with van der Waals surface area (Å²) in [5.41, 5.74) is 8.60. The maximum Gasteiger partial charge on any atom is 0.305 e. The first-order chi connectivity index (χ1) is 18.2. The molecular weight excluding hydrogens is 489 g/mol. The summed E-state index contributed by atoms with van der Waals surface area (Å²) >= 11 is 0. The van der Waals surface area contributed by atoms with E-state index in [0.717, 1.165) is 11.1 Å². The van der Waals surface area contributed by atoms with Crippen molar-refractivity contribution in [2.45, 2.75) is 33.4 Å². The van der Waals surface area contributed by atoms with Gasteiger partial charge in [-0.3, -0.25) is 19.9 Å². The second kappa shape index (κ2) is 11.1. The number of fused-ring (bicyclic) bond motifs is 1. The van der Waals surface area contributed by atoms with Crippen LogP contribution in [-0.4, -0.2) is 43.9 Å². The van der Waals surface area contributed by atoms with Gasteiger partial charge >= 0.3 is 5.97 Å². The minimum atomic E-state index is -1.02. The minimum absolute atomic E-state index is 0.0325. The molecule has 0 fully saturated rings. The summed E-state index contributed by atoms with van der Waals surface area (Å²) in [4.78, 5) is 35.0. The molecule has 0 unspecified atom stereocenters. The van der Waals surface area contributed by atoms with E-state index in [1.165, 1.54) is 17.0 Å². The molecule has 11 heteroatoms. The number of carbonyl (C=O) groups excluding carboxylic acids is 1. The highest BCUT2D eigenvalue weighted by Gasteiger charge is 2.21. The predicted molar refractivity (Wildman–Crippen MR) is 143 cm³/mol. The van der Waals surface area contributed by atoms with Gasteiger partial charge in [0.15, 0.2) is 0 Å². The quantitative estimate of drug-likeness (QED) is 0.184. The predicted octanol–water partition coefficient (Wildman–Crippen LogP) is 3.92. The zero-order chi connectivity index (χ0) is 27.4. The highest BCUT2D eigenvalue weighted by atomic mass is 19.1. The molecule has 4 rings (SSSR count). The Kier molecular flexibility index (Phi) is 7.66. The molecule has 2 aromatic carbocycles. The number of hydrogen-bond acceptors (Lipinski definition) is 6. The first-order valence-corrected chi connectivity index (χ1v) is 12.0. The van der Waals surface area contributed by atoms with E-state index in [0.29, 0.717) is 34.8 Å². The Morgan fingerprint density at radius 3 is 2.58 bits per heavy atom. The topological polar surface area (TPSA) is 150 Å². The average molecular weight is 518 g/mol. The van der Waals surface area contributed by atoms with Crippen LogP contribution < -0.4 is 16.0 Å². The first-order valence-electron chi connectivity index (χ1n) is 12.0. The van der Waals surface area contributed by atoms with E-state index in [-0.39, 0.29) is 36.9 Å². The van der Waals surface area contributed by atoms with E-state index in [2.05, 4.69) is 15.3 Å². The molecule has 10 nitrogen and oxygen atoms in total. The van der Waals surface area contributed by atoms with Gasteiger partial charge in [-0.15, -0.1) is 0 Å². The average Bonchev–Trinajstić information content (AvgIpc) is 3.24. The van der Waals surface area contributed by atoms with Gasteiger partial charge in [-0.2, -0.15) is 0 Å². The molecular formula is C27H28FN7O3. The van der Waals surface area contributed by atoms with Crippen molar-refractivity contribution in [3.63, 3.8) is 0 Å². The van der Waals surface area contributed by atoms with Gasteiger partial charge in [-0.1, -0.05) is 0 Å². The van der Waals surface area contributed by atoms with Gasteiger partial charge in [-0.05, 0) is 67.9 Å². The van der Waals surface area contributed by atoms with Gasteiger partial charge < -0.3 is 20.7 Å². The molecule has 0 radical (unpaired) electrons. The van der Waals surface area contributed by atoms with Gasteiger partial charge in [0.25, 0.3) is 5.91 Å². The Bertz CT molecular complexity index is 1530. The number of imidazole rings is 1. The SMILES string of the molecule is CCn1c(CNc2ccc(C(=N)N)cc2F)nc2cc(C(=O)N(CCC(=O)O)c3cc(C)ccn3)ccc21. The molecule has 0 atom stereocenters. The monoisotopic (exact) mass is 517 g/mol. The second-order valence-electron chi connectivity index (χ2n) is 8.73. The van der Waals surface area contributed by atoms with Crippen molar-refractivity contribution >= 4 is 40.3 Å². The summed E-state index contributed by atoms with van der Waals surface area (Å²) in [7, 11) is 0. The van der Waals surface area contributed by atoms with Crippen LogP contribution in [0.2, 0.25) is 0 Å². The number of carbonyl (C=O) groups is 2. The number of benzene rings is 2. The highest BCUT2D eigenvalue weighted by molar-refractivity contribution is 6.07. The van der Waals surface area contributed by atoms with Crippen molar-refractivity contribution in [2.75, 3.05) is 16.8 Å². The number of nitrogen functional groups attached to an aromatic ring is 1. The van der Waals surface area contributed by atoms with E-state index < -0.39 is 11.8 Å². The number of carboxylic acid groups (broad SMARTS) is 1. The number of nitrogens with one attached hydrogen (secondary N) is 2. The van der Waals surface area contributed by atoms with Gasteiger partial charge in [0.2, 0.25) is 0 Å². The highest BCUT2D eigenvalue weighted by Crippen LogP contribution is 2.23. The van der Waals surface area contributed by atoms with Crippen molar-refractivity contribution in [3.05, 3.63) is 83.1 Å². The molecule has 2 heterocycles. The number of hydrogen-bond donors (Lipinski definition) is 4. The number of aromatic nitrogens is 3. The van der Waals surface area contributed by atoms with Crippen molar-refractivity contribution in [3.8, 4) is 0 Å². The normalized spacial score (nSPS) is 10.9. The molecule has 0 aliphatic heterocycles. The number of pyridine rings is 1. The molecule has 38 heavy (non-hydrogen) atoms. The summed E-state index contributed by atoms with van der Waals surface area (Å²) < 4.78 is 16.4. The molecule has 2 aromatic heterocycles. The number of aliphatic carboxylic acids is 1. The summed E-state index contributed by atoms with van der Waals surface area (Å²) in [5.74, 6) is -1.13. The van der Waals surface area contributed by atoms with Crippen LogP contribution in [0.3, 0.4) is 0 Å². The summed E-state index contributed by atoms with van der Waals surface area (Å²) in [6, 6.07) is 13.0. The van der Waals surface area contributed by atoms with E-state index in [1.807, 2.05) is 18.4 Å². The number of amidine groups is 1. The van der Waals surface area contributed by atoms with Crippen molar-refractivity contribution in [2.24, 2.45) is 5.73 Å². The zero-order valence-electron chi connectivity index (χ0n) is 21.0. The molecule has 0 spiro atoms. The molecule has 5 N–H and O–H groups in total. The fraction of sp³-hybridized carbons (Fsp3) is 0.222. The molecule has 0 aliphatic carbocycles. The van der Waals surface area contributed by atoms with E-state index >= 15 is 0 Å². The van der Waals surface area contributed by atoms with Crippen LogP contribution in [0.1, 0.15) is 40.7 Å². The van der Waals surface area contributed by atoms with E-state index in [4.69, 9.17) is 11.1 Å². The van der Waals surface area contributed by atoms with Crippen LogP contribution in [0.15, 0.2) is 54.7 Å². The number of nitrogens with two attached hydrogens (primary N) is 1. The first kappa shape index (κ1) is 26.3. The standard InChI is InChI=1S/C27H28FN7O3/c1-3-34-22-7-5-18(27(38)35(11-9-25(36)37)23-12-16(2)8-10-31-23)14-21(22)33-24(34)15-32-20-6-4-17(26(29)30)13-19(20)28/h4-8,10,12-14,32H,3,9,11,15H2,1-2H3,(H3,29,30)(H,36,37). The molecule has 0 saturated carbocycles. The molecule has 0 aliphatic rings. The Morgan fingerprint density at radius 1 is 1.16 bits per heavy atom. The van der Waals surface area contributed by atoms with Crippen molar-refractivity contribution < 1.29 is 19.1 Å². The fourth-order valence-corrected chi connectivity index (χ4v) is 4.15. The third-order valence-electron chi connectivity index (χ3n) is 6.08. The zero-order valence-corrected chi connectivity index (χ0v) is 21.0. The minimum Gasteiger partial charge on any atom is -0.481 e. The van der Waals surface area contributed by atoms with Gasteiger partial charge in [-0.25, -0.2) is 14.4 Å². The maximum atomic E-state index is 14.5. The molecule has 196 valence electrons. The lowest BCUT2D eigenvalue weighted by molar-refractivity contribution is -0.136. The van der Waals surface area contributed by atoms with Crippen LogP contribution >= 0.6 is 0 Å². The second-order valence-corrected chi connectivity index (χ2v) is 8.73. The fourth-order valence-electron chi connectivity index (χ4n) is 4.15. The largest absolute Gasteiger partial charge is 0.481 e. The number of carboxylic acids is 1. The number of nitrogens with zero attached hydrogens (tertiary/aromatic N) is 4. The maximum absolute atomic E-state index is 14.5. The Labute approximate surface area is 218 Å². The lowest BCUT2D eigenvalue weighted by Crippen LogP contribution is -2.33. The van der Waals surface area contributed by atoms with E-state index in [9.17, 15) is 19.1 Å². The van der Waals surface area contributed by atoms with Gasteiger partial charge in [0, 0.05) is 30.4 Å². The Hall–Kier alpha value is -4.80. The van der Waals surface area contributed by atoms with Crippen LogP contribution in [-0.2, 0) is 17.9 Å². The third-order valence-corrected chi connectivity index (χ3v) is 6.08. The lowest BCUT2D eigenvalue weighted by Gasteiger charge is -2.21. The third kappa shape index (κ3) is 5.61. The smallest absolute Gasteiger partial charge is 0.305 e. The van der Waals surface area contributed by atoms with Crippen molar-refractivity contribution in [1.82, 2.24) is 14.5 Å². The van der Waals surface area contributed by atoms with Crippen LogP contribution in [0.4, 0.5) is 15.9 Å². The van der Waals surface area contributed by atoms with Gasteiger partial charge in [0.05, 0.1) is 29.7 Å². The van der Waals surface area contributed by atoms with Crippen LogP contribution in [0, 0.1) is 18.2 Å². The number of amides is 1. The molecule has 4 aromatic rings. The van der Waals surface area contributed by atoms with Crippen LogP contribution in [0.5, 0.6) is 0 Å². The lowest BCUT2D eigenvalue weighted by atomic mass is 10.1. The summed E-state index contributed by atoms with van der Waals surface area (Å²) in [6.07, 6.45) is 1.35. The van der Waals surface area contributed by atoms with Gasteiger partial charge in [0.1, 0.15) is 23.3 Å². The molecule has 0 saturated heterocycles. The van der Waals surface area contributed by atoms with E-state index in [1.54, 1.807) is 42.6 Å². The van der Waals surface area contributed by atoms with Crippen molar-refractivity contribution in [1.29, 1.82) is 5.41 Å².